The van der Waals surface area contributed by atoms with Crippen LogP contribution in [-0.2, 0) is 18.4 Å². The molecule has 2 aromatic heterocycles. The molecule has 4 rings (SSSR count). The number of carbonyl (C=O) groups is 2. The summed E-state index contributed by atoms with van der Waals surface area (Å²) in [7, 11) is 3.49. The Labute approximate surface area is 199 Å². The monoisotopic (exact) mass is 464 g/mol. The number of hydrogen-bond acceptors (Lipinski definition) is 5. The van der Waals surface area contributed by atoms with Crippen molar-refractivity contribution in [2.75, 3.05) is 7.05 Å². The summed E-state index contributed by atoms with van der Waals surface area (Å²) >= 11 is 0. The molecule has 34 heavy (non-hydrogen) atoms. The minimum absolute atomic E-state index is 0.148. The molecule has 8 heteroatoms. The van der Waals surface area contributed by atoms with Crippen molar-refractivity contribution in [1.29, 1.82) is 0 Å². The second-order valence-corrected chi connectivity index (χ2v) is 8.84. The van der Waals surface area contributed by atoms with Crippen molar-refractivity contribution in [3.05, 3.63) is 59.6 Å². The maximum absolute atomic E-state index is 12.9. The van der Waals surface area contributed by atoms with Gasteiger partial charge in [0, 0.05) is 19.7 Å². The third-order valence-corrected chi connectivity index (χ3v) is 6.39. The lowest BCUT2D eigenvalue weighted by atomic mass is 9.83. The smallest absolute Gasteiger partial charge is 0.287 e. The highest BCUT2D eigenvalue weighted by atomic mass is 16.5. The van der Waals surface area contributed by atoms with Crippen LogP contribution in [0.3, 0.4) is 0 Å². The first-order valence-corrected chi connectivity index (χ1v) is 11.8. The molecule has 0 bridgehead atoms. The highest BCUT2D eigenvalue weighted by molar-refractivity contribution is 5.96. The number of ether oxygens (including phenoxy) is 1. The van der Waals surface area contributed by atoms with Crippen LogP contribution in [0.4, 0.5) is 0 Å². The standard InChI is InChI=1S/C26H32N4O4/c1-17-15-20(30(3)29-17)16-33-21-11-9-18(10-12-21)22-13-14-23(34-22)25(31)28-24(26(32)27-2)19-7-5-4-6-8-19/h9-15,19,24H,4-8,16H2,1-3H3,(H,27,32)(H,28,31)/t24-/m0/s1. The third-order valence-electron chi connectivity index (χ3n) is 6.39. The van der Waals surface area contributed by atoms with E-state index in [1.807, 2.05) is 49.0 Å². The van der Waals surface area contributed by atoms with Crippen LogP contribution < -0.4 is 15.4 Å². The number of benzene rings is 1. The highest BCUT2D eigenvalue weighted by Crippen LogP contribution is 2.28. The molecule has 1 atom stereocenters. The summed E-state index contributed by atoms with van der Waals surface area (Å²) < 4.78 is 13.5. The van der Waals surface area contributed by atoms with Crippen molar-refractivity contribution in [3.63, 3.8) is 0 Å². The Hall–Kier alpha value is -3.55. The Morgan fingerprint density at radius 3 is 2.53 bits per heavy atom. The van der Waals surface area contributed by atoms with Crippen LogP contribution in [0.2, 0.25) is 0 Å². The van der Waals surface area contributed by atoms with Gasteiger partial charge in [-0.25, -0.2) is 0 Å². The zero-order valence-corrected chi connectivity index (χ0v) is 20.0. The molecule has 2 amide bonds. The van der Waals surface area contributed by atoms with E-state index in [1.54, 1.807) is 19.2 Å². The fourth-order valence-corrected chi connectivity index (χ4v) is 4.52. The van der Waals surface area contributed by atoms with E-state index in [0.29, 0.717) is 12.4 Å². The van der Waals surface area contributed by atoms with Gasteiger partial charge in [0.1, 0.15) is 24.2 Å². The molecule has 0 spiro atoms. The fourth-order valence-electron chi connectivity index (χ4n) is 4.52. The van der Waals surface area contributed by atoms with Gasteiger partial charge in [-0.3, -0.25) is 14.3 Å². The average molecular weight is 465 g/mol. The Kier molecular flexibility index (Phi) is 7.35. The summed E-state index contributed by atoms with van der Waals surface area (Å²) in [6.07, 6.45) is 5.23. The number of rotatable bonds is 8. The Balaban J connectivity index is 1.39. The first-order chi connectivity index (χ1) is 16.4. The molecule has 1 saturated carbocycles. The van der Waals surface area contributed by atoms with Gasteiger partial charge < -0.3 is 19.8 Å². The number of nitrogens with zero attached hydrogens (tertiary/aromatic N) is 2. The summed E-state index contributed by atoms with van der Waals surface area (Å²) in [6.45, 7) is 2.38. The predicted octanol–water partition coefficient (Wildman–Crippen LogP) is 3.99. The van der Waals surface area contributed by atoms with Gasteiger partial charge in [-0.1, -0.05) is 19.3 Å². The quantitative estimate of drug-likeness (QED) is 0.525. The zero-order chi connectivity index (χ0) is 24.1. The van der Waals surface area contributed by atoms with Crippen LogP contribution in [0, 0.1) is 12.8 Å². The topological polar surface area (TPSA) is 98.4 Å². The number of aromatic nitrogens is 2. The van der Waals surface area contributed by atoms with Gasteiger partial charge in [0.25, 0.3) is 5.91 Å². The third kappa shape index (κ3) is 5.50. The van der Waals surface area contributed by atoms with Gasteiger partial charge in [0.05, 0.1) is 11.4 Å². The second kappa shape index (κ2) is 10.6. The number of hydrogen-bond donors (Lipinski definition) is 2. The van der Waals surface area contributed by atoms with E-state index < -0.39 is 6.04 Å². The Morgan fingerprint density at radius 2 is 1.88 bits per heavy atom. The summed E-state index contributed by atoms with van der Waals surface area (Å²) in [6, 6.07) is 12.4. The van der Waals surface area contributed by atoms with E-state index >= 15 is 0 Å². The van der Waals surface area contributed by atoms with E-state index in [4.69, 9.17) is 9.15 Å². The SMILES string of the molecule is CNC(=O)[C@@H](NC(=O)c1ccc(-c2ccc(OCc3cc(C)nn3C)cc2)o1)C1CCCCC1. The molecular weight excluding hydrogens is 432 g/mol. The molecule has 1 aliphatic carbocycles. The fraction of sp³-hybridized carbons (Fsp3) is 0.423. The van der Waals surface area contributed by atoms with Gasteiger partial charge >= 0.3 is 0 Å². The van der Waals surface area contributed by atoms with Crippen molar-refractivity contribution in [3.8, 4) is 17.1 Å². The summed E-state index contributed by atoms with van der Waals surface area (Å²) in [5, 5.41) is 9.90. The number of carbonyl (C=O) groups excluding carboxylic acids is 2. The molecule has 0 aliphatic heterocycles. The molecule has 0 unspecified atom stereocenters. The van der Waals surface area contributed by atoms with Crippen LogP contribution in [0.1, 0.15) is 54.0 Å². The molecule has 180 valence electrons. The molecule has 2 N–H and O–H groups in total. The van der Waals surface area contributed by atoms with E-state index in [-0.39, 0.29) is 23.5 Å². The highest BCUT2D eigenvalue weighted by Gasteiger charge is 2.31. The predicted molar refractivity (Wildman–Crippen MR) is 128 cm³/mol. The van der Waals surface area contributed by atoms with Crippen LogP contribution in [0.25, 0.3) is 11.3 Å². The largest absolute Gasteiger partial charge is 0.487 e. The van der Waals surface area contributed by atoms with E-state index in [0.717, 1.165) is 48.4 Å². The zero-order valence-electron chi connectivity index (χ0n) is 20.0. The first kappa shape index (κ1) is 23.6. The molecule has 1 fully saturated rings. The van der Waals surface area contributed by atoms with Crippen molar-refractivity contribution in [1.82, 2.24) is 20.4 Å². The summed E-state index contributed by atoms with van der Waals surface area (Å²) in [5.41, 5.74) is 2.78. The van der Waals surface area contributed by atoms with Crippen LogP contribution in [-0.4, -0.2) is 34.7 Å². The van der Waals surface area contributed by atoms with Gasteiger partial charge in [-0.15, -0.1) is 0 Å². The molecule has 1 aliphatic rings. The molecule has 8 nitrogen and oxygen atoms in total. The molecule has 3 aromatic rings. The van der Waals surface area contributed by atoms with E-state index in [2.05, 4.69) is 15.7 Å². The second-order valence-electron chi connectivity index (χ2n) is 8.84. The number of amides is 2. The van der Waals surface area contributed by atoms with Crippen molar-refractivity contribution in [2.24, 2.45) is 13.0 Å². The number of likely N-dealkylation sites (N-methyl/N-ethyl adjacent to an activating group) is 1. The lowest BCUT2D eigenvalue weighted by molar-refractivity contribution is -0.124. The normalized spacial score (nSPS) is 15.0. The van der Waals surface area contributed by atoms with Crippen LogP contribution >= 0.6 is 0 Å². The van der Waals surface area contributed by atoms with Gasteiger partial charge in [0.15, 0.2) is 5.76 Å². The van der Waals surface area contributed by atoms with Crippen molar-refractivity contribution < 1.29 is 18.7 Å². The average Bonchev–Trinajstić information content (AvgIpc) is 3.47. The van der Waals surface area contributed by atoms with Crippen molar-refractivity contribution >= 4 is 11.8 Å². The maximum atomic E-state index is 12.9. The van der Waals surface area contributed by atoms with Crippen LogP contribution in [0.5, 0.6) is 5.75 Å². The Morgan fingerprint density at radius 1 is 1.15 bits per heavy atom. The lowest BCUT2D eigenvalue weighted by Crippen LogP contribution is -2.50. The summed E-state index contributed by atoms with van der Waals surface area (Å²) in [4.78, 5) is 25.3. The number of nitrogens with one attached hydrogen (secondary N) is 2. The molecule has 2 heterocycles. The first-order valence-electron chi connectivity index (χ1n) is 11.8. The lowest BCUT2D eigenvalue weighted by Gasteiger charge is -2.29. The molecule has 0 saturated heterocycles. The van der Waals surface area contributed by atoms with Crippen molar-refractivity contribution in [2.45, 2.75) is 51.7 Å². The van der Waals surface area contributed by atoms with Gasteiger partial charge in [-0.05, 0) is 68.1 Å². The van der Waals surface area contributed by atoms with Gasteiger partial charge in [0.2, 0.25) is 5.91 Å². The van der Waals surface area contributed by atoms with E-state index in [9.17, 15) is 9.59 Å². The number of aryl methyl sites for hydroxylation is 2. The van der Waals surface area contributed by atoms with E-state index in [1.165, 1.54) is 6.42 Å². The Bertz CT molecular complexity index is 1130. The minimum Gasteiger partial charge on any atom is -0.487 e. The molecule has 0 radical (unpaired) electrons. The molecule has 1 aromatic carbocycles. The summed E-state index contributed by atoms with van der Waals surface area (Å²) in [5.74, 6) is 1.10. The molecular formula is C26H32N4O4. The minimum atomic E-state index is -0.550. The van der Waals surface area contributed by atoms with Crippen LogP contribution in [0.15, 0.2) is 46.9 Å². The number of furan rings is 1. The maximum Gasteiger partial charge on any atom is 0.287 e. The van der Waals surface area contributed by atoms with Gasteiger partial charge in [-0.2, -0.15) is 5.10 Å².